The number of nitrogens with zero attached hydrogens (tertiary/aromatic N) is 4. The van der Waals surface area contributed by atoms with E-state index in [-0.39, 0.29) is 6.04 Å². The van der Waals surface area contributed by atoms with E-state index in [4.69, 9.17) is 4.74 Å². The lowest BCUT2D eigenvalue weighted by molar-refractivity contribution is 0.0480. The number of piperidine rings is 1. The second-order valence-electron chi connectivity index (χ2n) is 8.41. The van der Waals surface area contributed by atoms with Gasteiger partial charge < -0.3 is 15.4 Å². The zero-order valence-electron chi connectivity index (χ0n) is 17.2. The Labute approximate surface area is 175 Å². The van der Waals surface area contributed by atoms with E-state index in [0.717, 1.165) is 24.5 Å². The first-order chi connectivity index (χ1) is 13.7. The van der Waals surface area contributed by atoms with E-state index in [9.17, 15) is 10.1 Å². The molecular formula is C20H27N6O2S+. The lowest BCUT2D eigenvalue weighted by atomic mass is 10.0. The highest BCUT2D eigenvalue weighted by Gasteiger charge is 2.38. The topological polar surface area (TPSA) is 99.9 Å². The molecule has 0 spiro atoms. The molecule has 0 aliphatic carbocycles. The van der Waals surface area contributed by atoms with Gasteiger partial charge in [-0.3, -0.25) is 4.48 Å². The molecule has 8 nitrogen and oxygen atoms in total. The fourth-order valence-electron chi connectivity index (χ4n) is 3.37. The zero-order chi connectivity index (χ0) is 21.1. The first kappa shape index (κ1) is 21.0. The van der Waals surface area contributed by atoms with Gasteiger partial charge in [-0.2, -0.15) is 10.2 Å². The van der Waals surface area contributed by atoms with E-state index < -0.39 is 11.7 Å². The van der Waals surface area contributed by atoms with Crippen molar-refractivity contribution in [2.24, 2.45) is 0 Å². The largest absolute Gasteiger partial charge is 0.444 e. The van der Waals surface area contributed by atoms with Crippen molar-refractivity contribution in [2.45, 2.75) is 45.3 Å². The maximum Gasteiger partial charge on any atom is 0.408 e. The Morgan fingerprint density at radius 1 is 1.41 bits per heavy atom. The molecule has 0 radical (unpaired) electrons. The van der Waals surface area contributed by atoms with Gasteiger partial charge in [0.1, 0.15) is 29.0 Å². The van der Waals surface area contributed by atoms with Crippen LogP contribution in [-0.4, -0.2) is 47.8 Å². The molecule has 3 heterocycles. The summed E-state index contributed by atoms with van der Waals surface area (Å²) in [6.07, 6.45) is 3.14. The van der Waals surface area contributed by atoms with Crippen LogP contribution in [0.25, 0.3) is 0 Å². The highest BCUT2D eigenvalue weighted by Crippen LogP contribution is 2.37. The standard InChI is InChI=1S/C20H26N6O2S/c1-20(2,3)28-19(27)23-14-8-7-11-26(4,13-14)18-24-15(12-21)17(29-18)25-16-9-5-6-10-22-16/h5-6,9-10,14H,7-8,11,13H2,1-4H3,(H-,22,23,25,27)/p+1. The molecule has 2 aromatic heterocycles. The number of amides is 1. The van der Waals surface area contributed by atoms with Crippen molar-refractivity contribution in [1.82, 2.24) is 19.8 Å². The fourth-order valence-corrected chi connectivity index (χ4v) is 4.42. The number of ether oxygens (including phenoxy) is 1. The number of likely N-dealkylation sites (N-methyl/N-ethyl adjacent to an activating group) is 1. The van der Waals surface area contributed by atoms with Crippen LogP contribution in [0.5, 0.6) is 0 Å². The summed E-state index contributed by atoms with van der Waals surface area (Å²) in [5, 5.41) is 17.2. The van der Waals surface area contributed by atoms with E-state index in [0.29, 0.717) is 27.5 Å². The Morgan fingerprint density at radius 2 is 2.21 bits per heavy atom. The fraction of sp³-hybridized carbons (Fsp3) is 0.500. The normalized spacial score (nSPS) is 21.8. The number of thiazole rings is 1. The molecule has 0 bridgehead atoms. The minimum atomic E-state index is -0.528. The lowest BCUT2D eigenvalue weighted by Crippen LogP contribution is -2.58. The second kappa shape index (κ2) is 8.35. The van der Waals surface area contributed by atoms with E-state index in [1.54, 1.807) is 6.20 Å². The van der Waals surface area contributed by atoms with Crippen LogP contribution in [-0.2, 0) is 4.74 Å². The number of carbonyl (C=O) groups is 1. The molecule has 0 saturated carbocycles. The van der Waals surface area contributed by atoms with Gasteiger partial charge in [0.15, 0.2) is 5.69 Å². The molecule has 1 fully saturated rings. The summed E-state index contributed by atoms with van der Waals surface area (Å²) in [4.78, 5) is 21.0. The molecule has 29 heavy (non-hydrogen) atoms. The molecule has 1 saturated heterocycles. The maximum absolute atomic E-state index is 12.2. The van der Waals surface area contributed by atoms with Crippen LogP contribution in [0.3, 0.4) is 0 Å². The van der Waals surface area contributed by atoms with Crippen molar-refractivity contribution >= 4 is 33.4 Å². The van der Waals surface area contributed by atoms with Gasteiger partial charge in [-0.25, -0.2) is 9.78 Å². The van der Waals surface area contributed by atoms with Crippen molar-refractivity contribution in [3.8, 4) is 6.07 Å². The van der Waals surface area contributed by atoms with E-state index >= 15 is 0 Å². The number of carbonyl (C=O) groups excluding carboxylic acids is 1. The van der Waals surface area contributed by atoms with Gasteiger partial charge in [-0.15, -0.1) is 0 Å². The molecule has 0 aromatic carbocycles. The first-order valence-corrected chi connectivity index (χ1v) is 10.4. The molecule has 9 heteroatoms. The average molecular weight is 416 g/mol. The van der Waals surface area contributed by atoms with E-state index in [2.05, 4.69) is 33.7 Å². The van der Waals surface area contributed by atoms with Crippen LogP contribution in [0, 0.1) is 11.3 Å². The van der Waals surface area contributed by atoms with Crippen LogP contribution < -0.4 is 15.1 Å². The minimum absolute atomic E-state index is 0.00904. The number of nitrogens with one attached hydrogen (secondary N) is 2. The summed E-state index contributed by atoms with van der Waals surface area (Å²) < 4.78 is 5.95. The van der Waals surface area contributed by atoms with E-state index in [1.807, 2.05) is 39.0 Å². The Kier molecular flexibility index (Phi) is 6.05. The van der Waals surface area contributed by atoms with Gasteiger partial charge in [0.05, 0.1) is 19.6 Å². The van der Waals surface area contributed by atoms with Gasteiger partial charge in [-0.1, -0.05) is 6.07 Å². The van der Waals surface area contributed by atoms with Crippen LogP contribution in [0.15, 0.2) is 24.4 Å². The number of quaternary nitrogens is 1. The van der Waals surface area contributed by atoms with Crippen LogP contribution in [0.1, 0.15) is 39.3 Å². The average Bonchev–Trinajstić information content (AvgIpc) is 3.05. The molecule has 1 aliphatic heterocycles. The van der Waals surface area contributed by atoms with Gasteiger partial charge in [0, 0.05) is 6.20 Å². The highest BCUT2D eigenvalue weighted by molar-refractivity contribution is 7.19. The second-order valence-corrected chi connectivity index (χ2v) is 9.39. The smallest absolute Gasteiger partial charge is 0.408 e. The predicted octanol–water partition coefficient (Wildman–Crippen LogP) is 3.78. The van der Waals surface area contributed by atoms with Crippen molar-refractivity contribution in [1.29, 1.82) is 5.26 Å². The Balaban J connectivity index is 1.75. The first-order valence-electron chi connectivity index (χ1n) is 9.62. The van der Waals surface area contributed by atoms with Crippen molar-refractivity contribution in [3.05, 3.63) is 30.1 Å². The maximum atomic E-state index is 12.2. The number of pyridine rings is 1. The molecule has 1 aliphatic rings. The van der Waals surface area contributed by atoms with Crippen molar-refractivity contribution in [3.63, 3.8) is 0 Å². The number of hydrogen-bond donors (Lipinski definition) is 2. The van der Waals surface area contributed by atoms with Gasteiger partial charge in [-0.05, 0) is 57.1 Å². The Morgan fingerprint density at radius 3 is 2.86 bits per heavy atom. The molecule has 2 atom stereocenters. The zero-order valence-corrected chi connectivity index (χ0v) is 18.0. The number of likely N-dealkylation sites (tertiary alicyclic amines) is 1. The van der Waals surface area contributed by atoms with Crippen LogP contribution in [0.2, 0.25) is 0 Å². The highest BCUT2D eigenvalue weighted by atomic mass is 32.1. The van der Waals surface area contributed by atoms with Crippen molar-refractivity contribution in [2.75, 3.05) is 25.5 Å². The van der Waals surface area contributed by atoms with Crippen LogP contribution >= 0.6 is 11.3 Å². The molecule has 2 aromatic rings. The van der Waals surface area contributed by atoms with Crippen molar-refractivity contribution < 1.29 is 9.53 Å². The van der Waals surface area contributed by atoms with Gasteiger partial charge in [0.2, 0.25) is 0 Å². The molecule has 2 N–H and O–H groups in total. The third kappa shape index (κ3) is 5.43. The molecular weight excluding hydrogens is 388 g/mol. The molecule has 154 valence electrons. The summed E-state index contributed by atoms with van der Waals surface area (Å²) in [7, 11) is 2.09. The number of nitriles is 1. The minimum Gasteiger partial charge on any atom is -0.444 e. The summed E-state index contributed by atoms with van der Waals surface area (Å²) in [6.45, 7) is 7.14. The SMILES string of the molecule is CC(C)(C)OC(=O)NC1CCC[N+](C)(c2nc(C#N)c(Nc3ccccn3)s2)C1. The summed E-state index contributed by atoms with van der Waals surface area (Å²) in [6, 6.07) is 7.73. The number of hydrogen-bond acceptors (Lipinski definition) is 7. The number of alkyl carbamates (subject to hydrolysis) is 1. The molecule has 3 rings (SSSR count). The van der Waals surface area contributed by atoms with Gasteiger partial charge >= 0.3 is 6.09 Å². The third-order valence-corrected chi connectivity index (χ3v) is 5.85. The predicted molar refractivity (Wildman–Crippen MR) is 114 cm³/mol. The van der Waals surface area contributed by atoms with Gasteiger partial charge in [0.25, 0.3) is 5.13 Å². The van der Waals surface area contributed by atoms with Crippen LogP contribution in [0.4, 0.5) is 20.7 Å². The third-order valence-electron chi connectivity index (χ3n) is 4.64. The monoisotopic (exact) mass is 415 g/mol. The number of rotatable bonds is 4. The lowest BCUT2D eigenvalue weighted by Gasteiger charge is -2.38. The number of anilines is 2. The molecule has 1 amide bonds. The Bertz CT molecular complexity index is 902. The summed E-state index contributed by atoms with van der Waals surface area (Å²) in [5.41, 5.74) is -0.169. The summed E-state index contributed by atoms with van der Waals surface area (Å²) >= 11 is 1.46. The van der Waals surface area contributed by atoms with E-state index in [1.165, 1.54) is 11.3 Å². The quantitative estimate of drug-likeness (QED) is 0.737. The molecule has 2 unspecified atom stereocenters. The number of aromatic nitrogens is 2. The summed E-state index contributed by atoms with van der Waals surface area (Å²) in [5.74, 6) is 0.671. The Hall–Kier alpha value is -2.70.